The van der Waals surface area contributed by atoms with Crippen molar-refractivity contribution < 1.29 is 19.2 Å². The number of non-ortho nitro benzene ring substituents is 1. The van der Waals surface area contributed by atoms with Crippen LogP contribution in [0.2, 0.25) is 0 Å². The zero-order chi connectivity index (χ0) is 20.7. The molecule has 2 aromatic rings. The number of carbonyl (C=O) groups excluding carboxylic acids is 2. The predicted octanol–water partition coefficient (Wildman–Crippen LogP) is 2.21. The first kappa shape index (κ1) is 20.8. The topological polar surface area (TPSA) is 123 Å². The van der Waals surface area contributed by atoms with Crippen LogP contribution in [-0.4, -0.2) is 33.9 Å². The normalized spacial score (nSPS) is 11.6. The molecule has 0 radical (unpaired) electrons. The molecule has 9 nitrogen and oxygen atoms in total. The second-order valence-corrected chi connectivity index (χ2v) is 6.35. The third-order valence-electron chi connectivity index (χ3n) is 3.71. The Morgan fingerprint density at radius 1 is 1.21 bits per heavy atom. The molecule has 1 unspecified atom stereocenters. The van der Waals surface area contributed by atoms with Gasteiger partial charge in [0.15, 0.2) is 0 Å². The van der Waals surface area contributed by atoms with Gasteiger partial charge in [-0.05, 0) is 32.9 Å². The zero-order valence-electron chi connectivity index (χ0n) is 15.8. The molecule has 0 aliphatic heterocycles. The van der Waals surface area contributed by atoms with E-state index in [9.17, 15) is 19.7 Å². The number of benzene rings is 1. The first-order valence-corrected chi connectivity index (χ1v) is 8.71. The van der Waals surface area contributed by atoms with E-state index in [0.717, 1.165) is 6.07 Å². The summed E-state index contributed by atoms with van der Waals surface area (Å²) in [5.41, 5.74) is 0.620. The highest BCUT2D eigenvalue weighted by molar-refractivity contribution is 5.97. The third-order valence-corrected chi connectivity index (χ3v) is 3.71. The van der Waals surface area contributed by atoms with Crippen molar-refractivity contribution in [1.29, 1.82) is 0 Å². The summed E-state index contributed by atoms with van der Waals surface area (Å²) in [5, 5.41) is 16.1. The summed E-state index contributed by atoms with van der Waals surface area (Å²) in [6.07, 6.45) is 1.54. The van der Waals surface area contributed by atoms with Crippen LogP contribution in [0.4, 0.5) is 5.69 Å². The molecule has 1 aromatic carbocycles. The minimum atomic E-state index is -0.835. The molecule has 0 aliphatic rings. The lowest BCUT2D eigenvalue weighted by Crippen LogP contribution is -2.44. The summed E-state index contributed by atoms with van der Waals surface area (Å²) >= 11 is 0. The van der Waals surface area contributed by atoms with Crippen LogP contribution in [0.25, 0.3) is 0 Å². The zero-order valence-corrected chi connectivity index (χ0v) is 15.8. The molecular weight excluding hydrogens is 364 g/mol. The van der Waals surface area contributed by atoms with Crippen LogP contribution < -0.4 is 15.4 Å². The van der Waals surface area contributed by atoms with Gasteiger partial charge in [0.25, 0.3) is 11.6 Å². The van der Waals surface area contributed by atoms with Crippen molar-refractivity contribution in [3.05, 3.63) is 63.8 Å². The highest BCUT2D eigenvalue weighted by Crippen LogP contribution is 2.16. The number of amides is 2. The van der Waals surface area contributed by atoms with Gasteiger partial charge in [0.1, 0.15) is 6.04 Å². The Kier molecular flexibility index (Phi) is 7.02. The average molecular weight is 386 g/mol. The van der Waals surface area contributed by atoms with E-state index in [0.29, 0.717) is 11.4 Å². The summed E-state index contributed by atoms with van der Waals surface area (Å²) in [6, 6.07) is 7.99. The summed E-state index contributed by atoms with van der Waals surface area (Å²) in [5.74, 6) is -0.541. The van der Waals surface area contributed by atoms with Crippen LogP contribution in [0.1, 0.15) is 36.7 Å². The van der Waals surface area contributed by atoms with Crippen molar-refractivity contribution >= 4 is 17.5 Å². The van der Waals surface area contributed by atoms with Crippen molar-refractivity contribution in [2.24, 2.45) is 0 Å². The molecule has 148 valence electrons. The number of hydrogen-bond donors (Lipinski definition) is 2. The van der Waals surface area contributed by atoms with E-state index >= 15 is 0 Å². The lowest BCUT2D eigenvalue weighted by atomic mass is 10.1. The Morgan fingerprint density at radius 3 is 2.64 bits per heavy atom. The Labute approximate surface area is 162 Å². The standard InChI is InChI=1S/C19H22N4O5/c1-12(2)28-19-15(7-5-9-20-19)11-21-17(24)13(3)22-18(25)14-6-4-8-16(10-14)23(26)27/h4-10,12-13H,11H2,1-3H3,(H,21,24)(H,22,25). The number of nitrogens with zero attached hydrogens (tertiary/aromatic N) is 2. The van der Waals surface area contributed by atoms with Crippen LogP contribution in [-0.2, 0) is 11.3 Å². The number of nitro benzene ring substituents is 1. The fraction of sp³-hybridized carbons (Fsp3) is 0.316. The summed E-state index contributed by atoms with van der Waals surface area (Å²) < 4.78 is 5.60. The van der Waals surface area contributed by atoms with Gasteiger partial charge >= 0.3 is 0 Å². The molecule has 0 saturated heterocycles. The molecule has 2 amide bonds. The number of nitro groups is 1. The number of rotatable bonds is 8. The van der Waals surface area contributed by atoms with Gasteiger partial charge in [0, 0.05) is 36.0 Å². The minimum Gasteiger partial charge on any atom is -0.475 e. The molecule has 9 heteroatoms. The average Bonchev–Trinajstić information content (AvgIpc) is 2.66. The van der Waals surface area contributed by atoms with E-state index in [2.05, 4.69) is 15.6 Å². The summed E-state index contributed by atoms with van der Waals surface area (Å²) in [6.45, 7) is 5.47. The van der Waals surface area contributed by atoms with Gasteiger partial charge in [-0.2, -0.15) is 0 Å². The number of aromatic nitrogens is 1. The van der Waals surface area contributed by atoms with Crippen molar-refractivity contribution in [3.8, 4) is 5.88 Å². The van der Waals surface area contributed by atoms with Gasteiger partial charge in [-0.25, -0.2) is 4.98 Å². The first-order valence-electron chi connectivity index (χ1n) is 8.71. The number of pyridine rings is 1. The quantitative estimate of drug-likeness (QED) is 0.530. The largest absolute Gasteiger partial charge is 0.475 e. The van der Waals surface area contributed by atoms with Crippen molar-refractivity contribution in [3.63, 3.8) is 0 Å². The highest BCUT2D eigenvalue weighted by atomic mass is 16.6. The van der Waals surface area contributed by atoms with Crippen LogP contribution in [0, 0.1) is 10.1 Å². The number of ether oxygens (including phenoxy) is 1. The molecule has 0 aliphatic carbocycles. The Bertz CT molecular complexity index is 869. The molecule has 2 rings (SSSR count). The van der Waals surface area contributed by atoms with Gasteiger partial charge in [-0.1, -0.05) is 12.1 Å². The van der Waals surface area contributed by atoms with Crippen LogP contribution in [0.3, 0.4) is 0 Å². The van der Waals surface area contributed by atoms with Gasteiger partial charge in [-0.3, -0.25) is 19.7 Å². The maximum atomic E-state index is 12.3. The number of carbonyl (C=O) groups is 2. The van der Waals surface area contributed by atoms with E-state index in [1.165, 1.54) is 25.1 Å². The van der Waals surface area contributed by atoms with E-state index < -0.39 is 22.8 Å². The number of nitrogens with one attached hydrogen (secondary N) is 2. The van der Waals surface area contributed by atoms with E-state index in [-0.39, 0.29) is 23.9 Å². The summed E-state index contributed by atoms with van der Waals surface area (Å²) in [4.78, 5) is 38.9. The van der Waals surface area contributed by atoms with Crippen molar-refractivity contribution in [1.82, 2.24) is 15.6 Å². The molecule has 2 N–H and O–H groups in total. The maximum Gasteiger partial charge on any atom is 0.270 e. The second-order valence-electron chi connectivity index (χ2n) is 6.35. The molecule has 0 spiro atoms. The summed E-state index contributed by atoms with van der Waals surface area (Å²) in [7, 11) is 0. The smallest absolute Gasteiger partial charge is 0.270 e. The van der Waals surface area contributed by atoms with Gasteiger partial charge in [-0.15, -0.1) is 0 Å². The van der Waals surface area contributed by atoms with Crippen molar-refractivity contribution in [2.45, 2.75) is 39.5 Å². The molecule has 1 atom stereocenters. The van der Waals surface area contributed by atoms with Crippen molar-refractivity contribution in [2.75, 3.05) is 0 Å². The van der Waals surface area contributed by atoms with Gasteiger partial charge < -0.3 is 15.4 Å². The molecule has 1 aromatic heterocycles. The lowest BCUT2D eigenvalue weighted by Gasteiger charge is -2.16. The SMILES string of the molecule is CC(C)Oc1ncccc1CNC(=O)C(C)NC(=O)c1cccc([N+](=O)[O-])c1. The Balaban J connectivity index is 1.95. The van der Waals surface area contributed by atoms with E-state index in [4.69, 9.17) is 4.74 Å². The molecule has 0 bridgehead atoms. The Hall–Kier alpha value is -3.49. The van der Waals surface area contributed by atoms with Gasteiger partial charge in [0.05, 0.1) is 11.0 Å². The van der Waals surface area contributed by atoms with Crippen LogP contribution in [0.15, 0.2) is 42.6 Å². The lowest BCUT2D eigenvalue weighted by molar-refractivity contribution is -0.384. The molecule has 0 saturated carbocycles. The maximum absolute atomic E-state index is 12.3. The predicted molar refractivity (Wildman–Crippen MR) is 102 cm³/mol. The monoisotopic (exact) mass is 386 g/mol. The van der Waals surface area contributed by atoms with E-state index in [1.54, 1.807) is 18.3 Å². The molecule has 0 fully saturated rings. The second kappa shape index (κ2) is 9.45. The highest BCUT2D eigenvalue weighted by Gasteiger charge is 2.18. The molecule has 1 heterocycles. The number of hydrogen-bond acceptors (Lipinski definition) is 6. The first-order chi connectivity index (χ1) is 13.3. The van der Waals surface area contributed by atoms with Crippen LogP contribution >= 0.6 is 0 Å². The van der Waals surface area contributed by atoms with Crippen LogP contribution in [0.5, 0.6) is 5.88 Å². The molecule has 28 heavy (non-hydrogen) atoms. The fourth-order valence-electron chi connectivity index (χ4n) is 2.33. The van der Waals surface area contributed by atoms with E-state index in [1.807, 2.05) is 13.8 Å². The van der Waals surface area contributed by atoms with Gasteiger partial charge in [0.2, 0.25) is 11.8 Å². The fourth-order valence-corrected chi connectivity index (χ4v) is 2.33. The molecular formula is C19H22N4O5. The minimum absolute atomic E-state index is 0.0579. The Morgan fingerprint density at radius 2 is 1.96 bits per heavy atom. The third kappa shape index (κ3) is 5.76.